The van der Waals surface area contributed by atoms with E-state index in [-0.39, 0.29) is 24.2 Å². The minimum absolute atomic E-state index is 0.192. The van der Waals surface area contributed by atoms with Crippen molar-refractivity contribution in [2.45, 2.75) is 20.3 Å². The van der Waals surface area contributed by atoms with Crippen LogP contribution < -0.4 is 0 Å². The predicted octanol–water partition coefficient (Wildman–Crippen LogP) is 1.02. The largest absolute Gasteiger partial charge is 0.469 e. The van der Waals surface area contributed by atoms with Crippen molar-refractivity contribution in [1.29, 1.82) is 0 Å². The number of carbonyl (C=O) groups excluding carboxylic acids is 2. The lowest BCUT2D eigenvalue weighted by atomic mass is 9.94. The molecule has 11 heavy (non-hydrogen) atoms. The van der Waals surface area contributed by atoms with E-state index < -0.39 is 0 Å². The second-order valence-corrected chi connectivity index (χ2v) is 2.82. The first-order chi connectivity index (χ1) is 5.11. The zero-order chi connectivity index (χ0) is 8.85. The molecular formula is C8H14O3. The van der Waals surface area contributed by atoms with E-state index in [0.717, 1.165) is 6.29 Å². The Balaban J connectivity index is 3.87. The van der Waals surface area contributed by atoms with E-state index >= 15 is 0 Å². The monoisotopic (exact) mass is 158 g/mol. The summed E-state index contributed by atoms with van der Waals surface area (Å²) >= 11 is 0. The molecule has 0 aromatic heterocycles. The van der Waals surface area contributed by atoms with Crippen LogP contribution in [0.2, 0.25) is 0 Å². The SMILES string of the molecule is COC(=O)CC(C=O)C(C)C. The highest BCUT2D eigenvalue weighted by molar-refractivity contribution is 5.73. The minimum Gasteiger partial charge on any atom is -0.469 e. The summed E-state index contributed by atoms with van der Waals surface area (Å²) in [5.74, 6) is -0.329. The van der Waals surface area contributed by atoms with E-state index in [1.807, 2.05) is 13.8 Å². The fourth-order valence-corrected chi connectivity index (χ4v) is 0.717. The van der Waals surface area contributed by atoms with Crippen LogP contribution in [0.15, 0.2) is 0 Å². The van der Waals surface area contributed by atoms with Gasteiger partial charge >= 0.3 is 5.97 Å². The van der Waals surface area contributed by atoms with Crippen LogP contribution in [0.1, 0.15) is 20.3 Å². The Morgan fingerprint density at radius 1 is 1.55 bits per heavy atom. The third-order valence-corrected chi connectivity index (χ3v) is 1.66. The van der Waals surface area contributed by atoms with Crippen molar-refractivity contribution in [3.63, 3.8) is 0 Å². The Labute approximate surface area is 66.7 Å². The van der Waals surface area contributed by atoms with Crippen LogP contribution in [0.3, 0.4) is 0 Å². The van der Waals surface area contributed by atoms with E-state index in [9.17, 15) is 9.59 Å². The topological polar surface area (TPSA) is 43.4 Å². The van der Waals surface area contributed by atoms with Gasteiger partial charge in [-0.2, -0.15) is 0 Å². The maximum Gasteiger partial charge on any atom is 0.306 e. The molecule has 0 saturated carbocycles. The second-order valence-electron chi connectivity index (χ2n) is 2.82. The van der Waals surface area contributed by atoms with E-state index in [1.165, 1.54) is 7.11 Å². The fraction of sp³-hybridized carbons (Fsp3) is 0.750. The maximum absolute atomic E-state index is 10.7. The van der Waals surface area contributed by atoms with Crippen LogP contribution >= 0.6 is 0 Å². The Hall–Kier alpha value is -0.860. The molecule has 0 aliphatic carbocycles. The molecular weight excluding hydrogens is 144 g/mol. The number of carbonyl (C=O) groups is 2. The van der Waals surface area contributed by atoms with Crippen molar-refractivity contribution < 1.29 is 14.3 Å². The summed E-state index contributed by atoms with van der Waals surface area (Å²) < 4.78 is 4.43. The van der Waals surface area contributed by atoms with Crippen LogP contribution in [0.25, 0.3) is 0 Å². The molecule has 3 heteroatoms. The molecule has 3 nitrogen and oxygen atoms in total. The van der Waals surface area contributed by atoms with Crippen molar-refractivity contribution in [2.75, 3.05) is 7.11 Å². The fourth-order valence-electron chi connectivity index (χ4n) is 0.717. The van der Waals surface area contributed by atoms with Crippen LogP contribution in [0.5, 0.6) is 0 Å². The van der Waals surface area contributed by atoms with Crippen molar-refractivity contribution in [3.05, 3.63) is 0 Å². The standard InChI is InChI=1S/C8H14O3/c1-6(2)7(5-9)4-8(10)11-3/h5-7H,4H2,1-3H3. The minimum atomic E-state index is -0.323. The van der Waals surface area contributed by atoms with Crippen LogP contribution in [-0.2, 0) is 14.3 Å². The van der Waals surface area contributed by atoms with Gasteiger partial charge < -0.3 is 9.53 Å². The average molecular weight is 158 g/mol. The van der Waals surface area contributed by atoms with Gasteiger partial charge in [-0.15, -0.1) is 0 Å². The number of ether oxygens (including phenoxy) is 1. The molecule has 1 atom stereocenters. The maximum atomic E-state index is 10.7. The van der Waals surface area contributed by atoms with Gasteiger partial charge in [-0.05, 0) is 5.92 Å². The first-order valence-corrected chi connectivity index (χ1v) is 3.64. The van der Waals surface area contributed by atoms with Gasteiger partial charge in [0.2, 0.25) is 0 Å². The lowest BCUT2D eigenvalue weighted by Gasteiger charge is -2.11. The molecule has 1 unspecified atom stereocenters. The number of hydrogen-bond donors (Lipinski definition) is 0. The lowest BCUT2D eigenvalue weighted by Crippen LogP contribution is -2.16. The molecule has 64 valence electrons. The van der Waals surface area contributed by atoms with E-state index in [1.54, 1.807) is 0 Å². The van der Waals surface area contributed by atoms with Gasteiger partial charge in [0.05, 0.1) is 13.5 Å². The summed E-state index contributed by atoms with van der Waals surface area (Å²) in [6.07, 6.45) is 0.999. The van der Waals surface area contributed by atoms with Crippen LogP contribution in [0.4, 0.5) is 0 Å². The third kappa shape index (κ3) is 3.75. The molecule has 0 aromatic rings. The Morgan fingerprint density at radius 2 is 2.09 bits per heavy atom. The van der Waals surface area contributed by atoms with Gasteiger partial charge in [0.25, 0.3) is 0 Å². The summed E-state index contributed by atoms with van der Waals surface area (Å²) in [5.41, 5.74) is 0. The highest BCUT2D eigenvalue weighted by atomic mass is 16.5. The van der Waals surface area contributed by atoms with Gasteiger partial charge in [0.15, 0.2) is 0 Å². The Kier molecular flexibility index (Phi) is 4.50. The molecule has 0 saturated heterocycles. The van der Waals surface area contributed by atoms with E-state index in [4.69, 9.17) is 0 Å². The summed E-state index contributed by atoms with van der Waals surface area (Å²) in [5, 5.41) is 0. The highest BCUT2D eigenvalue weighted by Gasteiger charge is 2.16. The second kappa shape index (κ2) is 4.88. The van der Waals surface area contributed by atoms with Crippen molar-refractivity contribution in [2.24, 2.45) is 11.8 Å². The van der Waals surface area contributed by atoms with Gasteiger partial charge in [0.1, 0.15) is 6.29 Å². The molecule has 0 spiro atoms. The van der Waals surface area contributed by atoms with Crippen LogP contribution in [-0.4, -0.2) is 19.4 Å². The van der Waals surface area contributed by atoms with Gasteiger partial charge in [-0.25, -0.2) is 0 Å². The number of methoxy groups -OCH3 is 1. The van der Waals surface area contributed by atoms with Gasteiger partial charge in [-0.1, -0.05) is 13.8 Å². The van der Waals surface area contributed by atoms with Crippen molar-refractivity contribution in [3.8, 4) is 0 Å². The molecule has 0 rings (SSSR count). The molecule has 0 bridgehead atoms. The van der Waals surface area contributed by atoms with Crippen LogP contribution in [0, 0.1) is 11.8 Å². The summed E-state index contributed by atoms with van der Waals surface area (Å²) in [6, 6.07) is 0. The third-order valence-electron chi connectivity index (χ3n) is 1.66. The van der Waals surface area contributed by atoms with Gasteiger partial charge in [0, 0.05) is 5.92 Å². The molecule has 0 heterocycles. The Morgan fingerprint density at radius 3 is 2.36 bits per heavy atom. The average Bonchev–Trinajstić information content (AvgIpc) is 1.99. The lowest BCUT2D eigenvalue weighted by molar-refractivity contribution is -0.143. The summed E-state index contributed by atoms with van der Waals surface area (Å²) in [4.78, 5) is 21.1. The number of aldehydes is 1. The molecule has 0 aliphatic heterocycles. The molecule has 0 fully saturated rings. The molecule has 0 aliphatic rings. The predicted molar refractivity (Wildman–Crippen MR) is 41.0 cm³/mol. The zero-order valence-electron chi connectivity index (χ0n) is 7.16. The number of hydrogen-bond acceptors (Lipinski definition) is 3. The van der Waals surface area contributed by atoms with Gasteiger partial charge in [-0.3, -0.25) is 4.79 Å². The molecule has 0 N–H and O–H groups in total. The summed E-state index contributed by atoms with van der Waals surface area (Å²) in [6.45, 7) is 3.81. The highest BCUT2D eigenvalue weighted by Crippen LogP contribution is 2.12. The zero-order valence-corrected chi connectivity index (χ0v) is 7.16. The molecule has 0 aromatic carbocycles. The molecule has 0 amide bonds. The smallest absolute Gasteiger partial charge is 0.306 e. The number of rotatable bonds is 4. The van der Waals surface area contributed by atoms with Crippen molar-refractivity contribution in [1.82, 2.24) is 0 Å². The first kappa shape index (κ1) is 10.1. The van der Waals surface area contributed by atoms with Crippen molar-refractivity contribution >= 4 is 12.3 Å². The number of esters is 1. The summed E-state index contributed by atoms with van der Waals surface area (Å²) in [7, 11) is 1.32. The Bertz CT molecular complexity index is 140. The van der Waals surface area contributed by atoms with E-state index in [0.29, 0.717) is 0 Å². The normalized spacial score (nSPS) is 12.7. The first-order valence-electron chi connectivity index (χ1n) is 3.64. The quantitative estimate of drug-likeness (QED) is 0.453. The van der Waals surface area contributed by atoms with E-state index in [2.05, 4.69) is 4.74 Å². The molecule has 0 radical (unpaired) electrons.